The Balaban J connectivity index is 1.95. The molecule has 1 aromatic carbocycles. The van der Waals surface area contributed by atoms with Crippen LogP contribution in [-0.4, -0.2) is 47.3 Å². The lowest BCUT2D eigenvalue weighted by atomic mass is 10.0. The molecule has 0 bridgehead atoms. The molecule has 8 nitrogen and oxygen atoms in total. The Kier molecular flexibility index (Phi) is 6.68. The number of carbonyl (C=O) groups excluding carboxylic acids is 2. The van der Waals surface area contributed by atoms with Crippen LogP contribution in [0, 0.1) is 0 Å². The van der Waals surface area contributed by atoms with E-state index in [9.17, 15) is 35.9 Å². The number of halogens is 7. The quantitative estimate of drug-likeness (QED) is 0.621. The number of alkyl halides is 6. The van der Waals surface area contributed by atoms with E-state index in [0.29, 0.717) is 6.26 Å². The first-order valence-corrected chi connectivity index (χ1v) is 9.56. The minimum Gasteiger partial charge on any atom is -0.441 e. The second-order valence-electron chi connectivity index (χ2n) is 6.86. The fraction of sp³-hybridized carbons (Fsp3) is 0.389. The van der Waals surface area contributed by atoms with Crippen molar-refractivity contribution in [2.45, 2.75) is 31.5 Å². The Morgan fingerprint density at radius 1 is 1.33 bits per heavy atom. The third-order valence-electron chi connectivity index (χ3n) is 4.60. The molecule has 2 aromatic rings. The van der Waals surface area contributed by atoms with Crippen molar-refractivity contribution in [2.24, 2.45) is 0 Å². The molecule has 33 heavy (non-hydrogen) atoms. The average Bonchev–Trinajstić information content (AvgIpc) is 3.19. The van der Waals surface area contributed by atoms with Gasteiger partial charge in [0.25, 0.3) is 0 Å². The van der Waals surface area contributed by atoms with Gasteiger partial charge in [-0.3, -0.25) is 4.79 Å². The molecule has 3 rings (SSSR count). The highest BCUT2D eigenvalue weighted by Crippen LogP contribution is 2.35. The van der Waals surface area contributed by atoms with Gasteiger partial charge in [-0.1, -0.05) is 17.7 Å². The van der Waals surface area contributed by atoms with Crippen molar-refractivity contribution in [2.75, 3.05) is 13.1 Å². The van der Waals surface area contributed by atoms with Gasteiger partial charge in [-0.2, -0.15) is 13.2 Å². The van der Waals surface area contributed by atoms with Crippen molar-refractivity contribution in [3.05, 3.63) is 46.6 Å². The highest BCUT2D eigenvalue weighted by atomic mass is 35.5. The van der Waals surface area contributed by atoms with Gasteiger partial charge in [-0.25, -0.2) is 9.78 Å². The number of hydrogen-bond donors (Lipinski definition) is 2. The number of amides is 3. The highest BCUT2D eigenvalue weighted by Gasteiger charge is 2.39. The van der Waals surface area contributed by atoms with Crippen molar-refractivity contribution >= 4 is 23.5 Å². The summed E-state index contributed by atoms with van der Waals surface area (Å²) in [5.41, 5.74) is -0.413. The molecule has 3 amide bonds. The van der Waals surface area contributed by atoms with E-state index in [0.717, 1.165) is 23.1 Å². The summed E-state index contributed by atoms with van der Waals surface area (Å²) in [6.07, 6.45) is -9.31. The molecular formula is C18H15ClF6N4O4. The van der Waals surface area contributed by atoms with Crippen molar-refractivity contribution in [1.29, 1.82) is 0 Å². The largest absolute Gasteiger partial charge is 0.573 e. The highest BCUT2D eigenvalue weighted by molar-refractivity contribution is 6.32. The summed E-state index contributed by atoms with van der Waals surface area (Å²) in [5.74, 6) is -2.79. The van der Waals surface area contributed by atoms with E-state index in [4.69, 9.17) is 11.6 Å². The Morgan fingerprint density at radius 3 is 2.61 bits per heavy atom. The number of nitrogens with one attached hydrogen (secondary N) is 2. The first-order valence-electron chi connectivity index (χ1n) is 9.19. The van der Waals surface area contributed by atoms with Crippen molar-refractivity contribution < 1.29 is 45.1 Å². The number of piperazine rings is 1. The van der Waals surface area contributed by atoms with Crippen LogP contribution in [0.4, 0.5) is 31.1 Å². The van der Waals surface area contributed by atoms with E-state index in [1.165, 1.54) is 6.92 Å². The predicted molar refractivity (Wildman–Crippen MR) is 99.2 cm³/mol. The molecule has 1 aliphatic rings. The normalized spacial score (nSPS) is 18.0. The first kappa shape index (κ1) is 24.5. The van der Waals surface area contributed by atoms with Gasteiger partial charge in [-0.05, 0) is 24.6 Å². The van der Waals surface area contributed by atoms with Gasteiger partial charge in [0.05, 0.1) is 5.02 Å². The van der Waals surface area contributed by atoms with Crippen molar-refractivity contribution in [3.8, 4) is 5.75 Å². The summed E-state index contributed by atoms with van der Waals surface area (Å²) in [6, 6.07) is -0.244. The number of benzene rings is 1. The SMILES string of the molecule is C[C@@H]1C(=O)NCCN1C(=O)N[C@@H](c1ccc(OC(F)(F)F)c(Cl)c1)c1coc(C(F)(F)F)n1. The molecule has 15 heteroatoms. The number of ether oxygens (including phenoxy) is 1. The van der Waals surface area contributed by atoms with Crippen molar-refractivity contribution in [3.63, 3.8) is 0 Å². The Bertz CT molecular complexity index is 1040. The van der Waals surface area contributed by atoms with Crippen LogP contribution in [0.2, 0.25) is 5.02 Å². The van der Waals surface area contributed by atoms with Crippen LogP contribution in [0.1, 0.15) is 30.1 Å². The van der Waals surface area contributed by atoms with Gasteiger partial charge >= 0.3 is 24.5 Å². The summed E-state index contributed by atoms with van der Waals surface area (Å²) >= 11 is 5.85. The van der Waals surface area contributed by atoms with Crippen LogP contribution in [0.25, 0.3) is 0 Å². The van der Waals surface area contributed by atoms with E-state index in [2.05, 4.69) is 24.8 Å². The van der Waals surface area contributed by atoms with Crippen LogP contribution in [0.5, 0.6) is 5.75 Å². The molecule has 0 spiro atoms. The van der Waals surface area contributed by atoms with E-state index < -0.39 is 58.9 Å². The molecule has 180 valence electrons. The molecule has 1 fully saturated rings. The minimum atomic E-state index is -5.03. The number of oxazole rings is 1. The second-order valence-corrected chi connectivity index (χ2v) is 7.26. The van der Waals surface area contributed by atoms with Gasteiger partial charge in [0, 0.05) is 13.1 Å². The molecule has 2 N–H and O–H groups in total. The maximum atomic E-state index is 12.9. The maximum absolute atomic E-state index is 12.9. The van der Waals surface area contributed by atoms with E-state index in [1.807, 2.05) is 0 Å². The van der Waals surface area contributed by atoms with E-state index in [1.54, 1.807) is 0 Å². The van der Waals surface area contributed by atoms with Crippen LogP contribution >= 0.6 is 11.6 Å². The number of nitrogens with zero attached hydrogens (tertiary/aromatic N) is 2. The summed E-state index contributed by atoms with van der Waals surface area (Å²) in [7, 11) is 0. The second kappa shape index (κ2) is 9.00. The summed E-state index contributed by atoms with van der Waals surface area (Å²) in [6.45, 7) is 1.71. The molecule has 2 heterocycles. The Morgan fingerprint density at radius 2 is 2.03 bits per heavy atom. The van der Waals surface area contributed by atoms with E-state index >= 15 is 0 Å². The zero-order valence-corrected chi connectivity index (χ0v) is 17.3. The average molecular weight is 501 g/mol. The van der Waals surface area contributed by atoms with Crippen molar-refractivity contribution in [1.82, 2.24) is 20.5 Å². The molecule has 1 aromatic heterocycles. The minimum absolute atomic E-state index is 0.0148. The number of hydrogen-bond acceptors (Lipinski definition) is 5. The van der Waals surface area contributed by atoms with Gasteiger partial charge < -0.3 is 24.7 Å². The number of urea groups is 1. The van der Waals surface area contributed by atoms with Gasteiger partial charge in [0.2, 0.25) is 5.91 Å². The number of aromatic nitrogens is 1. The maximum Gasteiger partial charge on any atom is 0.573 e. The van der Waals surface area contributed by atoms with Crippen LogP contribution in [-0.2, 0) is 11.0 Å². The number of carbonyl (C=O) groups is 2. The smallest absolute Gasteiger partial charge is 0.441 e. The lowest BCUT2D eigenvalue weighted by Crippen LogP contribution is -2.58. The van der Waals surface area contributed by atoms with Gasteiger partial charge in [-0.15, -0.1) is 13.2 Å². The third kappa shape index (κ3) is 5.80. The molecule has 0 saturated carbocycles. The van der Waals surface area contributed by atoms with Gasteiger partial charge in [0.1, 0.15) is 29.8 Å². The monoisotopic (exact) mass is 500 g/mol. The summed E-state index contributed by atoms with van der Waals surface area (Å²) in [5, 5.41) is 4.46. The molecule has 1 saturated heterocycles. The van der Waals surface area contributed by atoms with E-state index in [-0.39, 0.29) is 18.7 Å². The first-order chi connectivity index (χ1) is 15.3. The fourth-order valence-electron chi connectivity index (χ4n) is 3.05. The summed E-state index contributed by atoms with van der Waals surface area (Å²) in [4.78, 5) is 29.1. The fourth-order valence-corrected chi connectivity index (χ4v) is 3.27. The Labute approximate surface area is 186 Å². The molecule has 2 atom stereocenters. The predicted octanol–water partition coefficient (Wildman–Crippen LogP) is 3.86. The lowest BCUT2D eigenvalue weighted by Gasteiger charge is -2.34. The third-order valence-corrected chi connectivity index (χ3v) is 4.90. The Hall–Kier alpha value is -3.16. The zero-order valence-electron chi connectivity index (χ0n) is 16.6. The zero-order chi connectivity index (χ0) is 24.6. The van der Waals surface area contributed by atoms with Gasteiger partial charge in [0.15, 0.2) is 0 Å². The van der Waals surface area contributed by atoms with Crippen LogP contribution < -0.4 is 15.4 Å². The molecule has 0 aliphatic carbocycles. The standard InChI is InChI=1S/C18H15ClF6N4O4/c1-8-14(30)26-4-5-29(8)16(31)28-13(11-7-32-15(27-11)17(20,21)22)9-2-3-12(10(19)6-9)33-18(23,24)25/h2-3,6-8,13H,4-5H2,1H3,(H,26,30)(H,28,31)/t8-,13+/m1/s1. The van der Waals surface area contributed by atoms with Crippen LogP contribution in [0.15, 0.2) is 28.9 Å². The topological polar surface area (TPSA) is 96.7 Å². The summed E-state index contributed by atoms with van der Waals surface area (Å²) < 4.78 is 84.6. The lowest BCUT2D eigenvalue weighted by molar-refractivity contribution is -0.274. The molecular weight excluding hydrogens is 486 g/mol. The van der Waals surface area contributed by atoms with Crippen LogP contribution in [0.3, 0.4) is 0 Å². The molecule has 1 aliphatic heterocycles. The molecule has 0 radical (unpaired) electrons. The molecule has 0 unspecified atom stereocenters. The number of rotatable bonds is 4.